The molecular formula is C13H26. The lowest BCUT2D eigenvalue weighted by atomic mass is 10.1. The number of hydrogen-bond donors (Lipinski definition) is 0. The van der Waals surface area contributed by atoms with Crippen LogP contribution < -0.4 is 0 Å². The van der Waals surface area contributed by atoms with E-state index in [2.05, 4.69) is 26.7 Å². The van der Waals surface area contributed by atoms with Gasteiger partial charge in [0.25, 0.3) is 0 Å². The minimum Gasteiger partial charge on any atom is -0.0654 e. The highest BCUT2D eigenvalue weighted by molar-refractivity contribution is 4.77. The molecule has 0 saturated carbocycles. The fourth-order valence-corrected chi connectivity index (χ4v) is 1.56. The van der Waals surface area contributed by atoms with Crippen LogP contribution in [0.5, 0.6) is 0 Å². The van der Waals surface area contributed by atoms with E-state index in [0.29, 0.717) is 0 Å². The van der Waals surface area contributed by atoms with Crippen molar-refractivity contribution in [2.45, 2.75) is 71.6 Å². The summed E-state index contributed by atoms with van der Waals surface area (Å²) in [5, 5.41) is 0. The molecule has 0 saturated heterocycles. The van der Waals surface area contributed by atoms with E-state index in [9.17, 15) is 0 Å². The van der Waals surface area contributed by atoms with Crippen LogP contribution in [0.4, 0.5) is 0 Å². The molecule has 0 spiro atoms. The van der Waals surface area contributed by atoms with Gasteiger partial charge in [0.1, 0.15) is 0 Å². The van der Waals surface area contributed by atoms with Crippen molar-refractivity contribution in [2.75, 3.05) is 0 Å². The molecule has 0 aliphatic rings. The Hall–Kier alpha value is 0. The molecule has 0 heterocycles. The zero-order valence-corrected chi connectivity index (χ0v) is 9.52. The van der Waals surface area contributed by atoms with Crippen molar-refractivity contribution in [2.24, 2.45) is 0 Å². The van der Waals surface area contributed by atoms with Crippen molar-refractivity contribution in [3.8, 4) is 0 Å². The number of rotatable bonds is 10. The summed E-state index contributed by atoms with van der Waals surface area (Å²) >= 11 is 0. The third-order valence-electron chi connectivity index (χ3n) is 2.46. The molecule has 0 unspecified atom stereocenters. The first-order valence-corrected chi connectivity index (χ1v) is 6.03. The Morgan fingerprint density at radius 1 is 0.769 bits per heavy atom. The summed E-state index contributed by atoms with van der Waals surface area (Å²) in [4.78, 5) is 0. The Labute approximate surface area is 85.1 Å². The fraction of sp³-hybridized carbons (Fsp3) is 0.846. The number of unbranched alkanes of at least 4 members (excludes halogenated alkanes) is 10. The molecule has 0 amide bonds. The third-order valence-corrected chi connectivity index (χ3v) is 2.46. The van der Waals surface area contributed by atoms with Crippen LogP contribution in [0.2, 0.25) is 0 Å². The van der Waals surface area contributed by atoms with E-state index in [0.717, 1.165) is 0 Å². The van der Waals surface area contributed by atoms with Gasteiger partial charge in [0.2, 0.25) is 0 Å². The molecule has 0 nitrogen and oxygen atoms in total. The van der Waals surface area contributed by atoms with Crippen LogP contribution in [0.1, 0.15) is 71.6 Å². The van der Waals surface area contributed by atoms with Crippen molar-refractivity contribution in [1.29, 1.82) is 0 Å². The van der Waals surface area contributed by atoms with Gasteiger partial charge in [0.15, 0.2) is 0 Å². The molecule has 0 aromatic heterocycles. The first-order chi connectivity index (χ1) is 6.41. The Balaban J connectivity index is 2.76. The Kier molecular flexibility index (Phi) is 12.0. The Morgan fingerprint density at radius 3 is 1.85 bits per heavy atom. The van der Waals surface area contributed by atoms with Gasteiger partial charge < -0.3 is 0 Å². The van der Waals surface area contributed by atoms with Gasteiger partial charge in [0, 0.05) is 0 Å². The molecule has 0 rings (SSSR count). The second-order valence-corrected chi connectivity index (χ2v) is 3.83. The first-order valence-electron chi connectivity index (χ1n) is 6.03. The van der Waals surface area contributed by atoms with Crippen molar-refractivity contribution < 1.29 is 0 Å². The quantitative estimate of drug-likeness (QED) is 0.419. The predicted octanol–water partition coefficient (Wildman–Crippen LogP) is 4.95. The number of hydrogen-bond acceptors (Lipinski definition) is 0. The van der Waals surface area contributed by atoms with E-state index >= 15 is 0 Å². The second-order valence-electron chi connectivity index (χ2n) is 3.83. The normalized spacial score (nSPS) is 10.6. The highest BCUT2D eigenvalue weighted by Gasteiger charge is 1.91. The average Bonchev–Trinajstić information content (AvgIpc) is 2.16. The molecule has 0 aromatic carbocycles. The Morgan fingerprint density at radius 2 is 1.31 bits per heavy atom. The summed E-state index contributed by atoms with van der Waals surface area (Å²) in [6, 6.07) is 0. The second kappa shape index (κ2) is 12.0. The molecule has 13 heavy (non-hydrogen) atoms. The van der Waals surface area contributed by atoms with E-state index in [1.54, 1.807) is 0 Å². The van der Waals surface area contributed by atoms with Gasteiger partial charge in [0.05, 0.1) is 0 Å². The van der Waals surface area contributed by atoms with Gasteiger partial charge in [-0.25, -0.2) is 0 Å². The van der Waals surface area contributed by atoms with Crippen LogP contribution in [-0.4, -0.2) is 0 Å². The van der Waals surface area contributed by atoms with Gasteiger partial charge in [-0.2, -0.15) is 0 Å². The van der Waals surface area contributed by atoms with Crippen molar-refractivity contribution >= 4 is 0 Å². The van der Waals surface area contributed by atoms with E-state index in [-0.39, 0.29) is 0 Å². The van der Waals surface area contributed by atoms with E-state index in [4.69, 9.17) is 0 Å². The van der Waals surface area contributed by atoms with Crippen molar-refractivity contribution in [1.82, 2.24) is 0 Å². The first kappa shape index (κ1) is 13.0. The molecule has 0 atom stereocenters. The molecule has 0 N–H and O–H groups in total. The summed E-state index contributed by atoms with van der Waals surface area (Å²) in [7, 11) is 0. The summed E-state index contributed by atoms with van der Waals surface area (Å²) in [6.45, 7) is 4.38. The van der Waals surface area contributed by atoms with Gasteiger partial charge in [-0.15, -0.1) is 0 Å². The summed E-state index contributed by atoms with van der Waals surface area (Å²) in [5.74, 6) is 0. The minimum atomic E-state index is 1.28. The molecule has 0 aliphatic carbocycles. The maximum atomic E-state index is 2.27. The molecule has 78 valence electrons. The molecule has 0 aliphatic heterocycles. The van der Waals surface area contributed by atoms with E-state index in [1.165, 1.54) is 57.8 Å². The maximum Gasteiger partial charge on any atom is -0.0355 e. The third kappa shape index (κ3) is 12.0. The largest absolute Gasteiger partial charge is 0.0654 e. The SMILES string of the molecule is C[CH][CH]CCCCCCCCCC. The van der Waals surface area contributed by atoms with Crippen LogP contribution in [0.3, 0.4) is 0 Å². The van der Waals surface area contributed by atoms with Crippen LogP contribution >= 0.6 is 0 Å². The van der Waals surface area contributed by atoms with Gasteiger partial charge in [-0.1, -0.05) is 65.2 Å². The lowest BCUT2D eigenvalue weighted by Crippen LogP contribution is -1.81. The minimum absolute atomic E-state index is 1.28. The zero-order chi connectivity index (χ0) is 9.78. The topological polar surface area (TPSA) is 0 Å². The summed E-state index contributed by atoms with van der Waals surface area (Å²) in [5.41, 5.74) is 0. The smallest absolute Gasteiger partial charge is 0.0355 e. The van der Waals surface area contributed by atoms with E-state index < -0.39 is 0 Å². The van der Waals surface area contributed by atoms with Crippen molar-refractivity contribution in [3.63, 3.8) is 0 Å². The zero-order valence-electron chi connectivity index (χ0n) is 9.52. The van der Waals surface area contributed by atoms with Gasteiger partial charge in [-0.05, 0) is 19.3 Å². The van der Waals surface area contributed by atoms with Gasteiger partial charge in [-0.3, -0.25) is 0 Å². The highest BCUT2D eigenvalue weighted by Crippen LogP contribution is 2.10. The molecule has 0 bridgehead atoms. The van der Waals surface area contributed by atoms with Crippen molar-refractivity contribution in [3.05, 3.63) is 12.8 Å². The molecule has 2 radical (unpaired) electrons. The Bertz CT molecular complexity index is 66.1. The van der Waals surface area contributed by atoms with Crippen LogP contribution in [-0.2, 0) is 0 Å². The highest BCUT2D eigenvalue weighted by atomic mass is 14.0. The van der Waals surface area contributed by atoms with E-state index in [1.807, 2.05) is 0 Å². The summed E-state index contributed by atoms with van der Waals surface area (Å²) < 4.78 is 0. The maximum absolute atomic E-state index is 2.27. The molecular weight excluding hydrogens is 156 g/mol. The lowest BCUT2D eigenvalue weighted by Gasteiger charge is -2.00. The standard InChI is InChI=1S/C13H26/c1-3-5-7-9-11-13-12-10-8-6-4-2/h3,5H,4,6-13H2,1-2H3. The van der Waals surface area contributed by atoms with Gasteiger partial charge >= 0.3 is 0 Å². The lowest BCUT2D eigenvalue weighted by molar-refractivity contribution is 0.575. The van der Waals surface area contributed by atoms with Crippen LogP contribution in [0.25, 0.3) is 0 Å². The molecule has 0 aromatic rings. The van der Waals surface area contributed by atoms with Crippen LogP contribution in [0.15, 0.2) is 0 Å². The average molecular weight is 182 g/mol. The monoisotopic (exact) mass is 182 g/mol. The molecule has 0 heteroatoms. The molecule has 0 fully saturated rings. The predicted molar refractivity (Wildman–Crippen MR) is 61.5 cm³/mol. The fourth-order valence-electron chi connectivity index (χ4n) is 1.56. The van der Waals surface area contributed by atoms with Crippen LogP contribution in [0, 0.1) is 12.8 Å². The summed E-state index contributed by atoms with van der Waals surface area (Å²) in [6.07, 6.45) is 17.1.